The number of nitrogens with zero attached hydrogens (tertiary/aromatic N) is 5. The van der Waals surface area contributed by atoms with Crippen LogP contribution in [-0.2, 0) is 25.8 Å². The summed E-state index contributed by atoms with van der Waals surface area (Å²) in [5.74, 6) is -2.01. The lowest BCUT2D eigenvalue weighted by Gasteiger charge is -2.35. The molecule has 0 aliphatic carbocycles. The maximum Gasteiger partial charge on any atom is 0.311 e. The number of aromatic nitrogens is 3. The zero-order valence-corrected chi connectivity index (χ0v) is 23.2. The van der Waals surface area contributed by atoms with Crippen LogP contribution in [0, 0.1) is 11.8 Å². The molecular formula is C29H35N5O5S. The Morgan fingerprint density at radius 1 is 1.07 bits per heavy atom. The second kappa shape index (κ2) is 11.4. The first-order valence-electron chi connectivity index (χ1n) is 14.2. The summed E-state index contributed by atoms with van der Waals surface area (Å²) in [6.07, 6.45) is 12.8. The summed E-state index contributed by atoms with van der Waals surface area (Å²) in [4.78, 5) is 45.5. The van der Waals surface area contributed by atoms with Crippen LogP contribution < -0.4 is 0 Å². The molecule has 5 atom stereocenters. The number of esters is 1. The molecule has 2 aromatic rings. The van der Waals surface area contributed by atoms with Crippen molar-refractivity contribution in [3.05, 3.63) is 48.6 Å². The Balaban J connectivity index is 1.37. The third-order valence-corrected chi connectivity index (χ3v) is 10.2. The molecule has 1 aromatic carbocycles. The number of likely N-dealkylation sites (tertiary alicyclic amines) is 1. The number of cyclic esters (lactones) is 1. The highest BCUT2D eigenvalue weighted by Crippen LogP contribution is 2.60. The van der Waals surface area contributed by atoms with Crippen LogP contribution in [-0.4, -0.2) is 90.0 Å². The number of benzene rings is 1. The van der Waals surface area contributed by atoms with E-state index in [9.17, 15) is 19.5 Å². The van der Waals surface area contributed by atoms with Crippen LogP contribution in [0.3, 0.4) is 0 Å². The van der Waals surface area contributed by atoms with Crippen molar-refractivity contribution in [3.63, 3.8) is 0 Å². The summed E-state index contributed by atoms with van der Waals surface area (Å²) in [6.45, 7) is 1.39. The lowest BCUT2D eigenvalue weighted by atomic mass is 9.78. The molecule has 1 aromatic heterocycles. The number of carbonyl (C=O) groups is 3. The topological polar surface area (TPSA) is 118 Å². The monoisotopic (exact) mass is 565 g/mol. The van der Waals surface area contributed by atoms with Crippen LogP contribution >= 0.6 is 11.8 Å². The van der Waals surface area contributed by atoms with Crippen molar-refractivity contribution in [2.45, 2.75) is 61.2 Å². The lowest BCUT2D eigenvalue weighted by Crippen LogP contribution is -2.53. The van der Waals surface area contributed by atoms with Gasteiger partial charge in [0.1, 0.15) is 18.2 Å². The molecule has 2 saturated heterocycles. The number of unbranched alkanes of at least 4 members (excludes halogenated alkanes) is 2. The molecule has 2 amide bonds. The van der Waals surface area contributed by atoms with E-state index in [4.69, 9.17) is 4.74 Å². The molecule has 212 valence electrons. The fraction of sp³-hybridized carbons (Fsp3) is 0.552. The van der Waals surface area contributed by atoms with Crippen molar-refractivity contribution in [3.8, 4) is 0 Å². The largest absolute Gasteiger partial charge is 0.465 e. The van der Waals surface area contributed by atoms with Crippen molar-refractivity contribution in [2.75, 3.05) is 26.3 Å². The highest BCUT2D eigenvalue weighted by Gasteiger charge is 2.70. The average Bonchev–Trinajstić information content (AvgIpc) is 3.55. The van der Waals surface area contributed by atoms with Crippen LogP contribution in [0.15, 0.2) is 48.6 Å². The summed E-state index contributed by atoms with van der Waals surface area (Å²) in [5, 5.41) is 17.5. The SMILES string of the molecule is O=C1OCCCC/C=C\[C@H]2S[C@]34C=CCN(Cn5nnc6ccccc65)C(=O)C3N(CCCCCO)C(=O)[C@@H]4[C@@H]12. The molecule has 0 bridgehead atoms. The van der Waals surface area contributed by atoms with E-state index in [1.54, 1.807) is 26.2 Å². The molecule has 6 rings (SSSR count). The number of hydrogen-bond donors (Lipinski definition) is 1. The molecule has 11 heteroatoms. The number of aliphatic hydroxyl groups excluding tert-OH is 1. The third-order valence-electron chi connectivity index (χ3n) is 8.47. The zero-order chi connectivity index (χ0) is 27.7. The van der Waals surface area contributed by atoms with E-state index >= 15 is 0 Å². The zero-order valence-electron chi connectivity index (χ0n) is 22.4. The molecule has 1 spiro atoms. The van der Waals surface area contributed by atoms with Gasteiger partial charge in [0.25, 0.3) is 0 Å². The predicted octanol–water partition coefficient (Wildman–Crippen LogP) is 2.53. The maximum atomic E-state index is 14.4. The van der Waals surface area contributed by atoms with Gasteiger partial charge in [-0.15, -0.1) is 16.9 Å². The number of carbonyl (C=O) groups excluding carboxylic acids is 3. The van der Waals surface area contributed by atoms with E-state index in [1.807, 2.05) is 42.5 Å². The number of para-hydroxylation sites is 1. The van der Waals surface area contributed by atoms with Crippen LogP contribution in [0.4, 0.5) is 0 Å². The van der Waals surface area contributed by atoms with Gasteiger partial charge < -0.3 is 19.6 Å². The molecule has 4 aliphatic heterocycles. The second-order valence-electron chi connectivity index (χ2n) is 10.9. The van der Waals surface area contributed by atoms with Gasteiger partial charge in [-0.3, -0.25) is 14.4 Å². The summed E-state index contributed by atoms with van der Waals surface area (Å²) < 4.78 is 6.51. The number of allylic oxidation sites excluding steroid dienone is 1. The fourth-order valence-corrected chi connectivity index (χ4v) is 8.59. The molecule has 0 saturated carbocycles. The summed E-state index contributed by atoms with van der Waals surface area (Å²) in [5.41, 5.74) is 1.58. The molecular weight excluding hydrogens is 530 g/mol. The number of amides is 2. The molecule has 1 unspecified atom stereocenters. The van der Waals surface area contributed by atoms with Gasteiger partial charge >= 0.3 is 5.97 Å². The van der Waals surface area contributed by atoms with E-state index in [0.29, 0.717) is 32.5 Å². The van der Waals surface area contributed by atoms with E-state index < -0.39 is 22.6 Å². The van der Waals surface area contributed by atoms with E-state index in [1.165, 1.54) is 0 Å². The highest BCUT2D eigenvalue weighted by molar-refractivity contribution is 8.02. The van der Waals surface area contributed by atoms with Crippen molar-refractivity contribution >= 4 is 40.6 Å². The van der Waals surface area contributed by atoms with Crippen molar-refractivity contribution in [1.82, 2.24) is 24.8 Å². The van der Waals surface area contributed by atoms with Gasteiger partial charge in [-0.05, 0) is 50.7 Å². The van der Waals surface area contributed by atoms with Gasteiger partial charge in [0.2, 0.25) is 11.8 Å². The Morgan fingerprint density at radius 2 is 1.95 bits per heavy atom. The van der Waals surface area contributed by atoms with Crippen molar-refractivity contribution < 1.29 is 24.2 Å². The van der Waals surface area contributed by atoms with Crippen LogP contribution in [0.5, 0.6) is 0 Å². The standard InChI is InChI=1S/C29H35N5O5S/c35-17-8-3-7-16-33-25-27(37)32(19-34-21-12-6-5-11-20(21)30-31-34)15-10-14-29(25)24(26(33)36)23-22(40-29)13-4-1-2-9-18-39-28(23)38/h4-6,10-14,22-25,35H,1-3,7-9,15-19H2/b13-4-/t22-,23+,24+,25?,29+/m1/s1. The molecule has 5 heterocycles. The molecule has 2 fully saturated rings. The second-order valence-corrected chi connectivity index (χ2v) is 12.4. The minimum atomic E-state index is -0.878. The predicted molar refractivity (Wildman–Crippen MR) is 150 cm³/mol. The Hall–Kier alpha value is -3.18. The van der Waals surface area contributed by atoms with Gasteiger partial charge in [0.15, 0.2) is 0 Å². The third kappa shape index (κ3) is 4.62. The number of ether oxygens (including phenoxy) is 1. The van der Waals surface area contributed by atoms with Crippen LogP contribution in [0.25, 0.3) is 11.0 Å². The van der Waals surface area contributed by atoms with Gasteiger partial charge in [-0.1, -0.05) is 41.7 Å². The number of hydrogen-bond acceptors (Lipinski definition) is 8. The van der Waals surface area contributed by atoms with Gasteiger partial charge in [0.05, 0.1) is 28.7 Å². The minimum absolute atomic E-state index is 0.0863. The molecule has 10 nitrogen and oxygen atoms in total. The molecule has 4 aliphatic rings. The van der Waals surface area contributed by atoms with Gasteiger partial charge in [0, 0.05) is 24.9 Å². The van der Waals surface area contributed by atoms with Crippen molar-refractivity contribution in [2.24, 2.45) is 11.8 Å². The Kier molecular flexibility index (Phi) is 7.67. The molecule has 1 N–H and O–H groups in total. The number of thioether (sulfide) groups is 1. The Labute approximate surface area is 237 Å². The minimum Gasteiger partial charge on any atom is -0.465 e. The van der Waals surface area contributed by atoms with Gasteiger partial charge in [-0.2, -0.15) is 0 Å². The average molecular weight is 566 g/mol. The first-order chi connectivity index (χ1) is 19.5. The van der Waals surface area contributed by atoms with Crippen LogP contribution in [0.2, 0.25) is 0 Å². The normalized spacial score (nSPS) is 31.1. The Bertz CT molecular complexity index is 1340. The van der Waals surface area contributed by atoms with E-state index in [-0.39, 0.29) is 36.3 Å². The van der Waals surface area contributed by atoms with Crippen LogP contribution in [0.1, 0.15) is 38.5 Å². The number of fused-ring (bicyclic) bond motifs is 3. The smallest absolute Gasteiger partial charge is 0.311 e. The summed E-state index contributed by atoms with van der Waals surface area (Å²) >= 11 is 1.56. The highest BCUT2D eigenvalue weighted by atomic mass is 32.2. The fourth-order valence-electron chi connectivity index (χ4n) is 6.58. The van der Waals surface area contributed by atoms with E-state index in [0.717, 1.165) is 36.7 Å². The maximum absolute atomic E-state index is 14.4. The number of aliphatic hydroxyl groups is 1. The van der Waals surface area contributed by atoms with Crippen molar-refractivity contribution in [1.29, 1.82) is 0 Å². The quantitative estimate of drug-likeness (QED) is 0.309. The Morgan fingerprint density at radius 3 is 2.83 bits per heavy atom. The first kappa shape index (κ1) is 27.0. The summed E-state index contributed by atoms with van der Waals surface area (Å²) in [6, 6.07) is 6.86. The first-order valence-corrected chi connectivity index (χ1v) is 15.1. The van der Waals surface area contributed by atoms with Gasteiger partial charge in [-0.25, -0.2) is 4.68 Å². The number of rotatable bonds is 7. The molecule has 0 radical (unpaired) electrons. The molecule has 40 heavy (non-hydrogen) atoms. The van der Waals surface area contributed by atoms with E-state index in [2.05, 4.69) is 16.4 Å². The lowest BCUT2D eigenvalue weighted by molar-refractivity contribution is -0.153. The summed E-state index contributed by atoms with van der Waals surface area (Å²) in [7, 11) is 0.